The highest BCUT2D eigenvalue weighted by Gasteiger charge is 2.19. The number of hydrogen-bond donors (Lipinski definition) is 0. The highest BCUT2D eigenvalue weighted by molar-refractivity contribution is 7.84. The molecule has 11 heteroatoms. The van der Waals surface area contributed by atoms with E-state index in [0.717, 1.165) is 15.6 Å². The Morgan fingerprint density at radius 3 is 2.30 bits per heavy atom. The molecule has 0 saturated carbocycles. The molecule has 10 nitrogen and oxygen atoms in total. The first-order valence-electron chi connectivity index (χ1n) is 8.75. The van der Waals surface area contributed by atoms with E-state index in [9.17, 15) is 8.42 Å². The molecule has 0 unspecified atom stereocenters. The minimum atomic E-state index is -3.91. The fraction of sp³-hybridized carbons (Fsp3) is 0.211. The van der Waals surface area contributed by atoms with Crippen molar-refractivity contribution in [1.82, 2.24) is 19.2 Å². The van der Waals surface area contributed by atoms with Crippen molar-refractivity contribution in [2.75, 3.05) is 26.2 Å². The molecule has 0 aliphatic carbocycles. The van der Waals surface area contributed by atoms with E-state index < -0.39 is 10.3 Å². The van der Waals surface area contributed by atoms with Gasteiger partial charge in [0.05, 0.1) is 31.0 Å². The van der Waals surface area contributed by atoms with Crippen molar-refractivity contribution in [2.24, 2.45) is 0 Å². The smallest absolute Gasteiger partial charge is 0.384 e. The van der Waals surface area contributed by atoms with Gasteiger partial charge in [0, 0.05) is 14.1 Å². The summed E-state index contributed by atoms with van der Waals surface area (Å²) in [6.45, 7) is 0.390. The van der Waals surface area contributed by atoms with Crippen LogP contribution in [0.2, 0.25) is 0 Å². The van der Waals surface area contributed by atoms with Gasteiger partial charge in [-0.1, -0.05) is 6.07 Å². The van der Waals surface area contributed by atoms with Gasteiger partial charge in [0.15, 0.2) is 11.5 Å². The van der Waals surface area contributed by atoms with E-state index in [1.807, 2.05) is 17.1 Å². The van der Waals surface area contributed by atoms with E-state index in [1.54, 1.807) is 47.7 Å². The van der Waals surface area contributed by atoms with Gasteiger partial charge in [0.1, 0.15) is 12.7 Å². The van der Waals surface area contributed by atoms with Crippen LogP contribution in [0.4, 0.5) is 5.69 Å². The van der Waals surface area contributed by atoms with Crippen LogP contribution in [0.5, 0.6) is 11.5 Å². The van der Waals surface area contributed by atoms with E-state index in [1.165, 1.54) is 21.2 Å². The van der Waals surface area contributed by atoms with E-state index >= 15 is 0 Å². The van der Waals surface area contributed by atoms with Gasteiger partial charge < -0.3 is 8.92 Å². The highest BCUT2D eigenvalue weighted by atomic mass is 32.2. The van der Waals surface area contributed by atoms with E-state index in [4.69, 9.17) is 14.2 Å². The number of benzene rings is 2. The van der Waals surface area contributed by atoms with Crippen LogP contribution in [-0.4, -0.2) is 48.8 Å². The molecular formula is C19H20N6O4S. The van der Waals surface area contributed by atoms with Crippen molar-refractivity contribution in [1.29, 1.82) is 5.26 Å². The standard InChI is InChI=1S/C19H20N6O4S/c1-23(2)30(26,27)29-18-9-6-16(10-19(18)28-3)12-25(24-13-21-22-14-24)17-7-4-15(11-20)5-8-17/h4-10,13-14H,12H2,1-3H3. The van der Waals surface area contributed by atoms with Gasteiger partial charge in [-0.25, -0.2) is 4.68 Å². The maximum Gasteiger partial charge on any atom is 0.384 e. The molecule has 2 aromatic carbocycles. The van der Waals surface area contributed by atoms with Gasteiger partial charge in [0.2, 0.25) is 0 Å². The molecule has 0 N–H and O–H groups in total. The Morgan fingerprint density at radius 2 is 1.73 bits per heavy atom. The molecule has 1 heterocycles. The van der Waals surface area contributed by atoms with Crippen molar-refractivity contribution in [3.63, 3.8) is 0 Å². The Kier molecular flexibility index (Phi) is 6.20. The van der Waals surface area contributed by atoms with Crippen molar-refractivity contribution < 1.29 is 17.3 Å². The lowest BCUT2D eigenvalue weighted by Gasteiger charge is -2.25. The fourth-order valence-electron chi connectivity index (χ4n) is 2.57. The topological polar surface area (TPSA) is 114 Å². The number of methoxy groups -OCH3 is 1. The second kappa shape index (κ2) is 8.81. The molecular weight excluding hydrogens is 408 g/mol. The zero-order valence-corrected chi connectivity index (χ0v) is 17.4. The molecule has 3 rings (SSSR count). The van der Waals surface area contributed by atoms with E-state index in [2.05, 4.69) is 16.3 Å². The molecule has 0 bridgehead atoms. The third kappa shape index (κ3) is 4.68. The largest absolute Gasteiger partial charge is 0.493 e. The summed E-state index contributed by atoms with van der Waals surface area (Å²) in [6.07, 6.45) is 3.10. The molecule has 0 fully saturated rings. The average Bonchev–Trinajstić information content (AvgIpc) is 3.27. The van der Waals surface area contributed by atoms with Gasteiger partial charge in [-0.3, -0.25) is 5.01 Å². The Labute approximate surface area is 174 Å². The maximum absolute atomic E-state index is 12.0. The molecule has 30 heavy (non-hydrogen) atoms. The quantitative estimate of drug-likeness (QED) is 0.534. The number of rotatable bonds is 8. The van der Waals surface area contributed by atoms with Crippen LogP contribution in [0.3, 0.4) is 0 Å². The molecule has 0 radical (unpaired) electrons. The van der Waals surface area contributed by atoms with E-state index in [0.29, 0.717) is 12.1 Å². The molecule has 0 atom stereocenters. The minimum absolute atomic E-state index is 0.0872. The van der Waals surface area contributed by atoms with Crippen LogP contribution < -0.4 is 13.9 Å². The monoisotopic (exact) mass is 428 g/mol. The predicted molar refractivity (Wildman–Crippen MR) is 109 cm³/mol. The Hall–Kier alpha value is -3.62. The van der Waals surface area contributed by atoms with Crippen LogP contribution >= 0.6 is 0 Å². The summed E-state index contributed by atoms with van der Waals surface area (Å²) in [6, 6.07) is 14.1. The summed E-state index contributed by atoms with van der Waals surface area (Å²) >= 11 is 0. The van der Waals surface area contributed by atoms with Crippen LogP contribution in [-0.2, 0) is 16.8 Å². The van der Waals surface area contributed by atoms with Gasteiger partial charge in [-0.05, 0) is 42.0 Å². The van der Waals surface area contributed by atoms with Crippen molar-refractivity contribution >= 4 is 16.0 Å². The Morgan fingerprint density at radius 1 is 1.07 bits per heavy atom. The van der Waals surface area contributed by atoms with Crippen LogP contribution in [0.15, 0.2) is 55.1 Å². The lowest BCUT2D eigenvalue weighted by molar-refractivity contribution is 0.376. The van der Waals surface area contributed by atoms with Crippen LogP contribution in [0.1, 0.15) is 11.1 Å². The third-order valence-electron chi connectivity index (χ3n) is 4.18. The molecule has 0 aliphatic rings. The zero-order valence-electron chi connectivity index (χ0n) is 16.6. The highest BCUT2D eigenvalue weighted by Crippen LogP contribution is 2.31. The zero-order chi connectivity index (χ0) is 21.7. The van der Waals surface area contributed by atoms with Gasteiger partial charge >= 0.3 is 10.3 Å². The summed E-state index contributed by atoms with van der Waals surface area (Å²) in [5.41, 5.74) is 2.18. The molecule has 3 aromatic rings. The second-order valence-corrected chi connectivity index (χ2v) is 8.12. The number of anilines is 1. The fourth-order valence-corrected chi connectivity index (χ4v) is 3.09. The summed E-state index contributed by atoms with van der Waals surface area (Å²) in [5, 5.41) is 18.6. The van der Waals surface area contributed by atoms with E-state index in [-0.39, 0.29) is 11.5 Å². The summed E-state index contributed by atoms with van der Waals surface area (Å²) in [4.78, 5) is 0. The SMILES string of the molecule is COc1cc(CN(c2ccc(C#N)cc2)n2cnnc2)ccc1OS(=O)(=O)N(C)C. The lowest BCUT2D eigenvalue weighted by Crippen LogP contribution is -2.28. The summed E-state index contributed by atoms with van der Waals surface area (Å²) < 4.78 is 37.2. The minimum Gasteiger partial charge on any atom is -0.493 e. The molecule has 1 aromatic heterocycles. The summed E-state index contributed by atoms with van der Waals surface area (Å²) in [7, 11) is 0.288. The number of nitrogens with zero attached hydrogens (tertiary/aromatic N) is 6. The van der Waals surface area contributed by atoms with Crippen molar-refractivity contribution in [3.05, 3.63) is 66.2 Å². The van der Waals surface area contributed by atoms with Crippen LogP contribution in [0, 0.1) is 11.3 Å². The first-order valence-corrected chi connectivity index (χ1v) is 10.1. The first-order chi connectivity index (χ1) is 14.3. The third-order valence-corrected chi connectivity index (χ3v) is 5.47. The molecule has 0 amide bonds. The Bertz CT molecular complexity index is 1140. The second-order valence-electron chi connectivity index (χ2n) is 6.37. The maximum atomic E-state index is 12.0. The first kappa shape index (κ1) is 21.1. The number of ether oxygens (including phenoxy) is 1. The van der Waals surface area contributed by atoms with Crippen molar-refractivity contribution in [3.8, 4) is 17.6 Å². The molecule has 0 spiro atoms. The number of hydrogen-bond acceptors (Lipinski definition) is 8. The van der Waals surface area contributed by atoms with Crippen LogP contribution in [0.25, 0.3) is 0 Å². The number of aromatic nitrogens is 3. The normalized spacial score (nSPS) is 11.2. The Balaban J connectivity index is 1.92. The van der Waals surface area contributed by atoms with Gasteiger partial charge in [-0.2, -0.15) is 18.0 Å². The lowest BCUT2D eigenvalue weighted by atomic mass is 10.1. The molecule has 156 valence electrons. The molecule has 0 saturated heterocycles. The predicted octanol–water partition coefficient (Wildman–Crippen LogP) is 1.81. The van der Waals surface area contributed by atoms with Crippen molar-refractivity contribution in [2.45, 2.75) is 6.54 Å². The number of nitriles is 1. The molecule has 0 aliphatic heterocycles. The van der Waals surface area contributed by atoms with Gasteiger partial charge in [0.25, 0.3) is 0 Å². The van der Waals surface area contributed by atoms with Gasteiger partial charge in [-0.15, -0.1) is 10.2 Å². The average molecular weight is 428 g/mol. The summed E-state index contributed by atoms with van der Waals surface area (Å²) in [5.74, 6) is 0.366.